The number of hydrogen-bond acceptors (Lipinski definition) is 4. The van der Waals surface area contributed by atoms with Gasteiger partial charge in [0.15, 0.2) is 0 Å². The van der Waals surface area contributed by atoms with Gasteiger partial charge < -0.3 is 10.5 Å². The van der Waals surface area contributed by atoms with Crippen molar-refractivity contribution < 1.29 is 4.74 Å². The maximum Gasteiger partial charge on any atom is 0.149 e. The minimum Gasteiger partial charge on any atom is -0.496 e. The van der Waals surface area contributed by atoms with Crippen LogP contribution < -0.4 is 10.5 Å². The highest BCUT2D eigenvalue weighted by atomic mass is 16.5. The van der Waals surface area contributed by atoms with Gasteiger partial charge in [-0.05, 0) is 50.1 Å². The average Bonchev–Trinajstić information content (AvgIpc) is 3.19. The van der Waals surface area contributed by atoms with Gasteiger partial charge in [-0.1, -0.05) is 6.07 Å². The molecular weight excluding hydrogens is 326 g/mol. The van der Waals surface area contributed by atoms with Crippen LogP contribution in [0, 0.1) is 32.1 Å². The molecule has 130 valence electrons. The van der Waals surface area contributed by atoms with Crippen molar-refractivity contribution in [3.8, 4) is 17.5 Å². The number of methoxy groups -OCH3 is 1. The molecule has 0 bridgehead atoms. The number of anilines is 1. The van der Waals surface area contributed by atoms with Crippen LogP contribution in [0.25, 0.3) is 22.2 Å². The lowest BCUT2D eigenvalue weighted by molar-refractivity contribution is 0.411. The third-order valence-electron chi connectivity index (χ3n) is 4.97. The molecule has 3 heterocycles. The number of ether oxygens (including phenoxy) is 1. The molecular formula is C20H19N5O. The van der Waals surface area contributed by atoms with Crippen LogP contribution in [0.1, 0.15) is 22.3 Å². The molecule has 6 heteroatoms. The summed E-state index contributed by atoms with van der Waals surface area (Å²) in [5, 5.41) is 15.0. The van der Waals surface area contributed by atoms with Crippen molar-refractivity contribution >= 4 is 22.4 Å². The number of aromatic nitrogens is 3. The molecule has 0 spiro atoms. The first kappa shape index (κ1) is 16.0. The monoisotopic (exact) mass is 345 g/mol. The quantitative estimate of drug-likeness (QED) is 0.601. The van der Waals surface area contributed by atoms with Crippen LogP contribution in [0.2, 0.25) is 0 Å². The zero-order valence-corrected chi connectivity index (χ0v) is 15.2. The van der Waals surface area contributed by atoms with E-state index < -0.39 is 0 Å². The Hall–Kier alpha value is -3.46. The molecule has 0 unspecified atom stereocenters. The standard InChI is InChI=1S/C20H19N5O/c1-11-5-6-17(26-4)13(3)18(11)24-19(22)15(10-21)14-9-12(2)16-7-8-23-25(16)20(14)24/h5-9H,22H2,1-4H3. The van der Waals surface area contributed by atoms with Gasteiger partial charge in [0.1, 0.15) is 28.8 Å². The molecule has 0 saturated carbocycles. The van der Waals surface area contributed by atoms with Crippen molar-refractivity contribution in [2.24, 2.45) is 0 Å². The fourth-order valence-corrected chi connectivity index (χ4v) is 3.73. The third-order valence-corrected chi connectivity index (χ3v) is 4.97. The maximum atomic E-state index is 9.73. The summed E-state index contributed by atoms with van der Waals surface area (Å²) in [6.45, 7) is 6.02. The summed E-state index contributed by atoms with van der Waals surface area (Å²) >= 11 is 0. The van der Waals surface area contributed by atoms with Crippen LogP contribution in [0.5, 0.6) is 5.75 Å². The van der Waals surface area contributed by atoms with E-state index in [9.17, 15) is 5.26 Å². The Labute approximate surface area is 151 Å². The van der Waals surface area contributed by atoms with Gasteiger partial charge in [0, 0.05) is 10.9 Å². The third kappa shape index (κ3) is 1.94. The second kappa shape index (κ2) is 5.53. The van der Waals surface area contributed by atoms with Crippen molar-refractivity contribution in [1.82, 2.24) is 14.2 Å². The van der Waals surface area contributed by atoms with Crippen molar-refractivity contribution in [3.63, 3.8) is 0 Å². The van der Waals surface area contributed by atoms with E-state index in [1.807, 2.05) is 54.1 Å². The number of nitriles is 1. The van der Waals surface area contributed by atoms with Crippen molar-refractivity contribution in [2.75, 3.05) is 12.8 Å². The summed E-state index contributed by atoms with van der Waals surface area (Å²) in [6.07, 6.45) is 1.76. The van der Waals surface area contributed by atoms with Gasteiger partial charge >= 0.3 is 0 Å². The summed E-state index contributed by atoms with van der Waals surface area (Å²) in [5.74, 6) is 1.18. The molecule has 0 atom stereocenters. The van der Waals surface area contributed by atoms with Gasteiger partial charge in [0.2, 0.25) is 0 Å². The first-order valence-corrected chi connectivity index (χ1v) is 8.31. The van der Waals surface area contributed by atoms with Crippen LogP contribution >= 0.6 is 0 Å². The normalized spacial score (nSPS) is 11.2. The largest absolute Gasteiger partial charge is 0.496 e. The van der Waals surface area contributed by atoms with E-state index in [0.717, 1.165) is 44.7 Å². The molecule has 0 aliphatic carbocycles. The summed E-state index contributed by atoms with van der Waals surface area (Å²) < 4.78 is 9.26. The van der Waals surface area contributed by atoms with Crippen LogP contribution in [0.3, 0.4) is 0 Å². The van der Waals surface area contributed by atoms with Crippen LogP contribution in [0.15, 0.2) is 30.5 Å². The topological polar surface area (TPSA) is 81.3 Å². The maximum absolute atomic E-state index is 9.73. The van der Waals surface area contributed by atoms with Gasteiger partial charge in [-0.25, -0.2) is 4.52 Å². The number of nitrogens with zero attached hydrogens (tertiary/aromatic N) is 4. The Kier molecular flexibility index (Phi) is 3.41. The van der Waals surface area contributed by atoms with Crippen molar-refractivity contribution in [1.29, 1.82) is 5.26 Å². The Bertz CT molecular complexity index is 1220. The second-order valence-corrected chi connectivity index (χ2v) is 6.46. The fraction of sp³-hybridized carbons (Fsp3) is 0.200. The Morgan fingerprint density at radius 2 is 1.92 bits per heavy atom. The highest BCUT2D eigenvalue weighted by Gasteiger charge is 2.23. The average molecular weight is 345 g/mol. The molecule has 0 saturated heterocycles. The highest BCUT2D eigenvalue weighted by Crippen LogP contribution is 2.37. The number of rotatable bonds is 2. The number of nitrogen functional groups attached to an aromatic ring is 1. The molecule has 6 nitrogen and oxygen atoms in total. The van der Waals surface area contributed by atoms with Gasteiger partial charge in [0.05, 0.1) is 24.5 Å². The van der Waals surface area contributed by atoms with E-state index in [0.29, 0.717) is 11.4 Å². The van der Waals surface area contributed by atoms with Crippen LogP contribution in [-0.2, 0) is 0 Å². The molecule has 26 heavy (non-hydrogen) atoms. The van der Waals surface area contributed by atoms with E-state index in [1.165, 1.54) is 0 Å². The summed E-state index contributed by atoms with van der Waals surface area (Å²) in [4.78, 5) is 0. The van der Waals surface area contributed by atoms with E-state index in [2.05, 4.69) is 11.2 Å². The minimum absolute atomic E-state index is 0.407. The second-order valence-electron chi connectivity index (χ2n) is 6.46. The number of benzene rings is 1. The lowest BCUT2D eigenvalue weighted by Crippen LogP contribution is -2.08. The highest BCUT2D eigenvalue weighted by molar-refractivity contribution is 5.94. The Balaban J connectivity index is 2.28. The van der Waals surface area contributed by atoms with Crippen molar-refractivity contribution in [2.45, 2.75) is 20.8 Å². The fourth-order valence-electron chi connectivity index (χ4n) is 3.73. The lowest BCUT2D eigenvalue weighted by atomic mass is 10.1. The molecule has 4 rings (SSSR count). The number of aryl methyl sites for hydroxylation is 2. The molecule has 0 aliphatic rings. The van der Waals surface area contributed by atoms with E-state index in [1.54, 1.807) is 13.3 Å². The van der Waals surface area contributed by atoms with E-state index >= 15 is 0 Å². The van der Waals surface area contributed by atoms with Crippen molar-refractivity contribution in [3.05, 3.63) is 52.7 Å². The molecule has 0 amide bonds. The van der Waals surface area contributed by atoms with Crippen LogP contribution in [-0.4, -0.2) is 21.3 Å². The van der Waals surface area contributed by atoms with Gasteiger partial charge in [-0.15, -0.1) is 0 Å². The van der Waals surface area contributed by atoms with E-state index in [4.69, 9.17) is 10.5 Å². The minimum atomic E-state index is 0.407. The first-order valence-electron chi connectivity index (χ1n) is 8.31. The van der Waals surface area contributed by atoms with Crippen LogP contribution in [0.4, 0.5) is 5.82 Å². The Morgan fingerprint density at radius 3 is 2.62 bits per heavy atom. The van der Waals surface area contributed by atoms with E-state index in [-0.39, 0.29) is 0 Å². The van der Waals surface area contributed by atoms with Gasteiger partial charge in [0.25, 0.3) is 0 Å². The van der Waals surface area contributed by atoms with Gasteiger partial charge in [-0.2, -0.15) is 10.4 Å². The lowest BCUT2D eigenvalue weighted by Gasteiger charge is -2.17. The molecule has 0 aliphatic heterocycles. The summed E-state index contributed by atoms with van der Waals surface area (Å²) in [6, 6.07) is 10.2. The molecule has 3 aromatic heterocycles. The number of nitrogens with two attached hydrogens (primary N) is 1. The number of pyridine rings is 1. The van der Waals surface area contributed by atoms with Gasteiger partial charge in [-0.3, -0.25) is 4.57 Å². The predicted octanol–water partition coefficient (Wildman–Crippen LogP) is 3.67. The molecule has 4 aromatic rings. The smallest absolute Gasteiger partial charge is 0.149 e. The molecule has 0 radical (unpaired) electrons. The Morgan fingerprint density at radius 1 is 1.15 bits per heavy atom. The number of fused-ring (bicyclic) bond motifs is 3. The zero-order valence-electron chi connectivity index (χ0n) is 15.2. The zero-order chi connectivity index (χ0) is 18.6. The molecule has 0 fully saturated rings. The molecule has 2 N–H and O–H groups in total. The predicted molar refractivity (Wildman–Crippen MR) is 102 cm³/mol. The summed E-state index contributed by atoms with van der Waals surface area (Å²) in [7, 11) is 1.65. The first-order chi connectivity index (χ1) is 12.5. The molecule has 1 aromatic carbocycles. The summed E-state index contributed by atoms with van der Waals surface area (Å²) in [5.41, 5.74) is 12.6. The SMILES string of the molecule is COc1ccc(C)c(-n2c(N)c(C#N)c3cc(C)c4ccnn4c32)c1C. The number of hydrogen-bond donors (Lipinski definition) is 1.